The van der Waals surface area contributed by atoms with Crippen molar-refractivity contribution in [2.24, 2.45) is 7.05 Å². The molecule has 152 valence electrons. The highest BCUT2D eigenvalue weighted by molar-refractivity contribution is 6.51. The molecule has 29 heavy (non-hydrogen) atoms. The van der Waals surface area contributed by atoms with Gasteiger partial charge in [-0.3, -0.25) is 4.79 Å². The summed E-state index contributed by atoms with van der Waals surface area (Å²) in [6, 6.07) is 15.5. The van der Waals surface area contributed by atoms with Gasteiger partial charge in [0.1, 0.15) is 15.9 Å². The van der Waals surface area contributed by atoms with E-state index in [0.29, 0.717) is 12.3 Å². The third-order valence-corrected chi connectivity index (χ3v) is 6.15. The lowest BCUT2D eigenvalue weighted by Gasteiger charge is -2.25. The Bertz CT molecular complexity index is 1060. The maximum Gasteiger partial charge on any atom is 0.263 e. The average molecular weight is 432 g/mol. The number of ether oxygens (including phenoxy) is 1. The molecule has 1 amide bonds. The van der Waals surface area contributed by atoms with E-state index in [1.165, 1.54) is 0 Å². The molecule has 0 unspecified atom stereocenters. The van der Waals surface area contributed by atoms with Crippen LogP contribution in [0.5, 0.6) is 5.75 Å². The second-order valence-corrected chi connectivity index (χ2v) is 9.50. The summed E-state index contributed by atoms with van der Waals surface area (Å²) < 4.78 is 7.27. The first kappa shape index (κ1) is 20.0. The van der Waals surface area contributed by atoms with Gasteiger partial charge in [-0.2, -0.15) is 0 Å². The number of amides is 1. The van der Waals surface area contributed by atoms with E-state index in [1.807, 2.05) is 60.1 Å². The monoisotopic (exact) mass is 431 g/mol. The Hall–Kier alpha value is -2.24. The van der Waals surface area contributed by atoms with Crippen LogP contribution >= 0.6 is 23.2 Å². The van der Waals surface area contributed by atoms with Gasteiger partial charge in [0, 0.05) is 13.0 Å². The molecule has 0 radical (unpaired) electrons. The molecule has 1 heterocycles. The molecular formula is C22H23Cl2N3O2. The summed E-state index contributed by atoms with van der Waals surface area (Å²) in [5.74, 6) is 1.35. The predicted molar refractivity (Wildman–Crippen MR) is 116 cm³/mol. The average Bonchev–Trinajstić information content (AvgIpc) is 3.20. The number of benzene rings is 2. The fourth-order valence-corrected chi connectivity index (χ4v) is 3.97. The van der Waals surface area contributed by atoms with Gasteiger partial charge in [0.15, 0.2) is 5.60 Å². The van der Waals surface area contributed by atoms with E-state index in [1.54, 1.807) is 13.8 Å². The lowest BCUT2D eigenvalue weighted by molar-refractivity contribution is -0.134. The molecule has 1 aromatic heterocycles. The van der Waals surface area contributed by atoms with Crippen LogP contribution in [0, 0.1) is 0 Å². The Kier molecular flexibility index (Phi) is 4.99. The number of alkyl halides is 2. The van der Waals surface area contributed by atoms with Gasteiger partial charge in [0.05, 0.1) is 17.6 Å². The van der Waals surface area contributed by atoms with Gasteiger partial charge in [-0.1, -0.05) is 24.3 Å². The summed E-state index contributed by atoms with van der Waals surface area (Å²) in [6.45, 7) is 3.81. The molecule has 1 aliphatic carbocycles. The molecule has 0 aliphatic heterocycles. The molecule has 4 rings (SSSR count). The number of nitrogens with one attached hydrogen (secondary N) is 1. The van der Waals surface area contributed by atoms with E-state index < -0.39 is 9.93 Å². The van der Waals surface area contributed by atoms with Crippen molar-refractivity contribution in [1.82, 2.24) is 14.9 Å². The molecule has 7 heteroatoms. The first-order valence-electron chi connectivity index (χ1n) is 9.53. The van der Waals surface area contributed by atoms with Gasteiger partial charge in [0.25, 0.3) is 5.91 Å². The first-order valence-corrected chi connectivity index (χ1v) is 10.3. The first-order chi connectivity index (χ1) is 13.7. The van der Waals surface area contributed by atoms with Crippen LogP contribution in [0.4, 0.5) is 0 Å². The molecule has 1 N–H and O–H groups in total. The molecule has 0 spiro atoms. The van der Waals surface area contributed by atoms with Crippen LogP contribution in [0.3, 0.4) is 0 Å². The van der Waals surface area contributed by atoms with Crippen molar-refractivity contribution in [1.29, 1.82) is 0 Å². The van der Waals surface area contributed by atoms with E-state index in [4.69, 9.17) is 27.9 Å². The van der Waals surface area contributed by atoms with Crippen LogP contribution in [-0.4, -0.2) is 25.4 Å². The van der Waals surface area contributed by atoms with Crippen molar-refractivity contribution in [2.45, 2.75) is 42.7 Å². The SMILES string of the molecule is Cn1c(CNC(=O)C(C)(C)Oc2ccc([C@@H]3CC3(Cl)Cl)cc2)nc2ccccc21. The highest BCUT2D eigenvalue weighted by atomic mass is 35.5. The summed E-state index contributed by atoms with van der Waals surface area (Å²) in [5, 5.41) is 2.93. The van der Waals surface area contributed by atoms with Gasteiger partial charge in [-0.05, 0) is 50.1 Å². The zero-order valence-electron chi connectivity index (χ0n) is 16.6. The summed E-state index contributed by atoms with van der Waals surface area (Å²) in [7, 11) is 1.94. The van der Waals surface area contributed by atoms with Crippen molar-refractivity contribution in [3.8, 4) is 5.75 Å². The lowest BCUT2D eigenvalue weighted by atomic mass is 10.1. The smallest absolute Gasteiger partial charge is 0.263 e. The number of carbonyl (C=O) groups excluding carboxylic acids is 1. The summed E-state index contributed by atoms with van der Waals surface area (Å²) in [5.41, 5.74) is 1.98. The Morgan fingerprint density at radius 2 is 1.90 bits per heavy atom. The van der Waals surface area contributed by atoms with Gasteiger partial charge in [-0.25, -0.2) is 4.98 Å². The quantitative estimate of drug-likeness (QED) is 0.574. The Labute approximate surface area is 180 Å². The minimum absolute atomic E-state index is 0.157. The van der Waals surface area contributed by atoms with Crippen molar-refractivity contribution in [3.63, 3.8) is 0 Å². The van der Waals surface area contributed by atoms with Crippen LogP contribution in [0.15, 0.2) is 48.5 Å². The fourth-order valence-electron chi connectivity index (χ4n) is 3.41. The summed E-state index contributed by atoms with van der Waals surface area (Å²) in [4.78, 5) is 17.3. The fraction of sp³-hybridized carbons (Fsp3) is 0.364. The lowest BCUT2D eigenvalue weighted by Crippen LogP contribution is -2.46. The Morgan fingerprint density at radius 3 is 2.52 bits per heavy atom. The molecule has 0 bridgehead atoms. The minimum atomic E-state index is -1.03. The van der Waals surface area contributed by atoms with Gasteiger partial charge in [0.2, 0.25) is 0 Å². The number of halogens is 2. The van der Waals surface area contributed by atoms with Crippen LogP contribution < -0.4 is 10.1 Å². The number of hydrogen-bond donors (Lipinski definition) is 1. The number of hydrogen-bond acceptors (Lipinski definition) is 3. The summed E-state index contributed by atoms with van der Waals surface area (Å²) in [6.07, 6.45) is 0.756. The van der Waals surface area contributed by atoms with Gasteiger partial charge >= 0.3 is 0 Å². The van der Waals surface area contributed by atoms with E-state index in [9.17, 15) is 4.79 Å². The van der Waals surface area contributed by atoms with Crippen molar-refractivity contribution in [3.05, 3.63) is 59.9 Å². The number of aryl methyl sites for hydroxylation is 1. The predicted octanol–water partition coefficient (Wildman–Crippen LogP) is 4.71. The maximum absolute atomic E-state index is 12.7. The second kappa shape index (κ2) is 7.22. The standard InChI is InChI=1S/C22H23Cl2N3O2/c1-21(2,29-15-10-8-14(9-11-15)16-12-22(16,23)24)20(28)25-13-19-26-17-6-4-5-7-18(17)27(19)3/h4-11,16H,12-13H2,1-3H3,(H,25,28)/t16-/m0/s1. The van der Waals surface area contributed by atoms with E-state index in [2.05, 4.69) is 10.3 Å². The number of fused-ring (bicyclic) bond motifs is 1. The minimum Gasteiger partial charge on any atom is -0.478 e. The number of aromatic nitrogens is 2. The molecule has 1 fully saturated rings. The maximum atomic E-state index is 12.7. The highest BCUT2D eigenvalue weighted by Gasteiger charge is 2.52. The summed E-state index contributed by atoms with van der Waals surface area (Å²) >= 11 is 12.3. The van der Waals surface area contributed by atoms with Crippen LogP contribution in [0.25, 0.3) is 11.0 Å². The molecule has 1 aliphatic rings. The van der Waals surface area contributed by atoms with Crippen LogP contribution in [-0.2, 0) is 18.4 Å². The number of carbonyl (C=O) groups is 1. The Balaban J connectivity index is 1.39. The number of imidazole rings is 1. The van der Waals surface area contributed by atoms with E-state index in [-0.39, 0.29) is 11.8 Å². The van der Waals surface area contributed by atoms with Crippen LogP contribution in [0.2, 0.25) is 0 Å². The molecule has 5 nitrogen and oxygen atoms in total. The van der Waals surface area contributed by atoms with Gasteiger partial charge in [-0.15, -0.1) is 23.2 Å². The number of nitrogens with zero attached hydrogens (tertiary/aromatic N) is 2. The zero-order chi connectivity index (χ0) is 20.8. The highest BCUT2D eigenvalue weighted by Crippen LogP contribution is 2.59. The normalized spacial score (nSPS) is 17.9. The molecule has 3 aromatic rings. The molecule has 1 saturated carbocycles. The zero-order valence-corrected chi connectivity index (χ0v) is 18.1. The van der Waals surface area contributed by atoms with Crippen molar-refractivity contribution < 1.29 is 9.53 Å². The number of rotatable bonds is 6. The molecular weight excluding hydrogens is 409 g/mol. The van der Waals surface area contributed by atoms with Crippen LogP contribution in [0.1, 0.15) is 37.6 Å². The third-order valence-electron chi connectivity index (χ3n) is 5.32. The Morgan fingerprint density at radius 1 is 1.24 bits per heavy atom. The second-order valence-electron chi connectivity index (χ2n) is 7.96. The topological polar surface area (TPSA) is 56.2 Å². The largest absolute Gasteiger partial charge is 0.478 e. The van der Waals surface area contributed by atoms with Crippen molar-refractivity contribution >= 4 is 40.1 Å². The van der Waals surface area contributed by atoms with Crippen molar-refractivity contribution in [2.75, 3.05) is 0 Å². The third kappa shape index (κ3) is 4.07. The molecule has 0 saturated heterocycles. The molecule has 1 atom stereocenters. The van der Waals surface area contributed by atoms with Gasteiger partial charge < -0.3 is 14.6 Å². The van der Waals surface area contributed by atoms with E-state index in [0.717, 1.165) is 28.8 Å². The molecule has 2 aromatic carbocycles. The van der Waals surface area contributed by atoms with E-state index >= 15 is 0 Å². The number of para-hydroxylation sites is 2.